The van der Waals surface area contributed by atoms with Crippen molar-refractivity contribution in [3.63, 3.8) is 0 Å². The van der Waals surface area contributed by atoms with Crippen molar-refractivity contribution in [2.75, 3.05) is 6.61 Å². The molecule has 0 aliphatic carbocycles. The number of carbonyl (C=O) groups is 1. The van der Waals surface area contributed by atoms with E-state index in [2.05, 4.69) is 50.2 Å². The van der Waals surface area contributed by atoms with Crippen molar-refractivity contribution >= 4 is 5.97 Å². The van der Waals surface area contributed by atoms with Crippen LogP contribution in [0.1, 0.15) is 115 Å². The van der Waals surface area contributed by atoms with Gasteiger partial charge in [-0.3, -0.25) is 4.79 Å². The van der Waals surface area contributed by atoms with Crippen LogP contribution in [0.4, 0.5) is 0 Å². The molecule has 0 aromatic heterocycles. The molecule has 0 N–H and O–H groups in total. The Balaban J connectivity index is 1.38. The van der Waals surface area contributed by atoms with Gasteiger partial charge in [0.1, 0.15) is 24.2 Å². The van der Waals surface area contributed by atoms with E-state index < -0.39 is 0 Å². The summed E-state index contributed by atoms with van der Waals surface area (Å²) >= 11 is 0. The van der Waals surface area contributed by atoms with E-state index in [9.17, 15) is 4.79 Å². The summed E-state index contributed by atoms with van der Waals surface area (Å²) in [6, 6.07) is 24.6. The molecular formula is C37H50O4. The summed E-state index contributed by atoms with van der Waals surface area (Å²) in [7, 11) is 0. The van der Waals surface area contributed by atoms with Crippen LogP contribution in [0, 0.1) is 0 Å². The van der Waals surface area contributed by atoms with E-state index in [4.69, 9.17) is 14.2 Å². The molecule has 3 aromatic carbocycles. The third-order valence-electron chi connectivity index (χ3n) is 7.46. The molecule has 0 saturated heterocycles. The molecule has 0 fully saturated rings. The summed E-state index contributed by atoms with van der Waals surface area (Å²) in [5.41, 5.74) is 4.36. The minimum atomic E-state index is -0.246. The van der Waals surface area contributed by atoms with E-state index in [-0.39, 0.29) is 12.1 Å². The van der Waals surface area contributed by atoms with Gasteiger partial charge < -0.3 is 14.2 Å². The van der Waals surface area contributed by atoms with Crippen LogP contribution in [0.25, 0.3) is 11.1 Å². The lowest BCUT2D eigenvalue weighted by molar-refractivity contribution is -0.148. The Morgan fingerprint density at radius 3 is 1.76 bits per heavy atom. The van der Waals surface area contributed by atoms with Gasteiger partial charge >= 0.3 is 5.97 Å². The molecule has 4 nitrogen and oxygen atoms in total. The molecule has 0 radical (unpaired) electrons. The quantitative estimate of drug-likeness (QED) is 0.102. The number of rotatable bonds is 20. The maximum atomic E-state index is 12.2. The Labute approximate surface area is 248 Å². The van der Waals surface area contributed by atoms with Gasteiger partial charge in [0, 0.05) is 6.42 Å². The van der Waals surface area contributed by atoms with E-state index in [1.165, 1.54) is 51.4 Å². The van der Waals surface area contributed by atoms with Crippen molar-refractivity contribution in [1.82, 2.24) is 0 Å². The highest BCUT2D eigenvalue weighted by atomic mass is 16.5. The Bertz CT molecular complexity index is 1100. The van der Waals surface area contributed by atoms with Crippen molar-refractivity contribution in [2.45, 2.75) is 111 Å². The zero-order chi connectivity index (χ0) is 29.1. The van der Waals surface area contributed by atoms with Gasteiger partial charge in [-0.05, 0) is 66.3 Å². The van der Waals surface area contributed by atoms with Gasteiger partial charge in [-0.1, -0.05) is 120 Å². The van der Waals surface area contributed by atoms with Gasteiger partial charge in [0.05, 0.1) is 6.61 Å². The molecule has 3 rings (SSSR count). The fraction of sp³-hybridized carbons (Fsp3) is 0.486. The van der Waals surface area contributed by atoms with Crippen LogP contribution in [0.2, 0.25) is 0 Å². The fourth-order valence-corrected chi connectivity index (χ4v) is 4.81. The molecule has 0 bridgehead atoms. The van der Waals surface area contributed by atoms with Crippen LogP contribution in [0.3, 0.4) is 0 Å². The number of hydrogen-bond acceptors (Lipinski definition) is 4. The molecule has 3 aromatic rings. The number of hydrogen-bond donors (Lipinski definition) is 0. The van der Waals surface area contributed by atoms with Crippen LogP contribution >= 0.6 is 0 Å². The average molecular weight is 559 g/mol. The normalized spacial score (nSPS) is 11.7. The van der Waals surface area contributed by atoms with Crippen molar-refractivity contribution in [2.24, 2.45) is 0 Å². The van der Waals surface area contributed by atoms with Gasteiger partial charge in [-0.2, -0.15) is 0 Å². The van der Waals surface area contributed by atoms with E-state index in [1.54, 1.807) is 0 Å². The van der Waals surface area contributed by atoms with Gasteiger partial charge in [-0.25, -0.2) is 0 Å². The predicted molar refractivity (Wildman–Crippen MR) is 169 cm³/mol. The van der Waals surface area contributed by atoms with Crippen molar-refractivity contribution in [3.8, 4) is 22.6 Å². The van der Waals surface area contributed by atoms with E-state index in [1.807, 2.05) is 43.3 Å². The van der Waals surface area contributed by atoms with Crippen molar-refractivity contribution in [1.29, 1.82) is 0 Å². The van der Waals surface area contributed by atoms with Gasteiger partial charge in [0.25, 0.3) is 0 Å². The summed E-state index contributed by atoms with van der Waals surface area (Å²) < 4.78 is 17.5. The molecule has 41 heavy (non-hydrogen) atoms. The molecule has 0 spiro atoms. The third kappa shape index (κ3) is 12.4. The predicted octanol–water partition coefficient (Wildman–Crippen LogP) is 10.6. The first-order chi connectivity index (χ1) is 20.1. The minimum Gasteiger partial charge on any atom is -0.494 e. The highest BCUT2D eigenvalue weighted by Gasteiger charge is 2.12. The van der Waals surface area contributed by atoms with Crippen molar-refractivity contribution in [3.05, 3.63) is 83.9 Å². The second-order valence-electron chi connectivity index (χ2n) is 11.0. The SMILES string of the molecule is CCCCCCCCOc1ccc(COc2ccc(-c3ccc(C(C)OC(=O)CCCCCCC)cc3)cc2)cc1. The van der Waals surface area contributed by atoms with E-state index in [0.29, 0.717) is 13.0 Å². The molecule has 0 aliphatic heterocycles. The fourth-order valence-electron chi connectivity index (χ4n) is 4.81. The molecule has 0 heterocycles. The van der Waals surface area contributed by atoms with Crippen LogP contribution in [-0.4, -0.2) is 12.6 Å². The Hall–Kier alpha value is -3.27. The third-order valence-corrected chi connectivity index (χ3v) is 7.46. The lowest BCUT2D eigenvalue weighted by Crippen LogP contribution is -2.08. The second-order valence-corrected chi connectivity index (χ2v) is 11.0. The zero-order valence-electron chi connectivity index (χ0n) is 25.5. The van der Waals surface area contributed by atoms with Crippen LogP contribution in [0.5, 0.6) is 11.5 Å². The summed E-state index contributed by atoms with van der Waals surface area (Å²) in [4.78, 5) is 12.2. The Morgan fingerprint density at radius 2 is 1.12 bits per heavy atom. The van der Waals surface area contributed by atoms with Crippen LogP contribution < -0.4 is 9.47 Å². The topological polar surface area (TPSA) is 44.8 Å². The molecule has 222 valence electrons. The lowest BCUT2D eigenvalue weighted by atomic mass is 10.0. The summed E-state index contributed by atoms with van der Waals surface area (Å²) in [5, 5.41) is 0. The molecule has 0 amide bonds. The van der Waals surface area contributed by atoms with E-state index in [0.717, 1.165) is 59.6 Å². The molecule has 1 unspecified atom stereocenters. The summed E-state index contributed by atoms with van der Waals surface area (Å²) in [6.07, 6.45) is 13.5. The van der Waals surface area contributed by atoms with E-state index >= 15 is 0 Å². The molecule has 4 heteroatoms. The van der Waals surface area contributed by atoms with Crippen molar-refractivity contribution < 1.29 is 19.0 Å². The molecule has 0 saturated carbocycles. The maximum Gasteiger partial charge on any atom is 0.306 e. The molecule has 0 aliphatic rings. The Kier molecular flexibility index (Phi) is 14.9. The lowest BCUT2D eigenvalue weighted by Gasteiger charge is -2.14. The highest BCUT2D eigenvalue weighted by molar-refractivity contribution is 5.70. The minimum absolute atomic E-state index is 0.110. The second kappa shape index (κ2) is 19.0. The highest BCUT2D eigenvalue weighted by Crippen LogP contribution is 2.26. The number of esters is 1. The number of ether oxygens (including phenoxy) is 3. The number of benzene rings is 3. The standard InChI is InChI=1S/C37H50O4/c1-4-6-8-10-12-14-28-39-35-24-16-31(17-25-35)29-40-36-26-22-34(23-27-36)33-20-18-32(19-21-33)30(3)41-37(38)15-13-11-9-7-5-2/h16-27,30H,4-15,28-29H2,1-3H3. The largest absolute Gasteiger partial charge is 0.494 e. The number of unbranched alkanes of at least 4 members (excludes halogenated alkanes) is 9. The first-order valence-corrected chi connectivity index (χ1v) is 15.8. The average Bonchev–Trinajstić information content (AvgIpc) is 3.00. The van der Waals surface area contributed by atoms with Crippen LogP contribution in [0.15, 0.2) is 72.8 Å². The van der Waals surface area contributed by atoms with Gasteiger partial charge in [-0.15, -0.1) is 0 Å². The molecule has 1 atom stereocenters. The monoisotopic (exact) mass is 558 g/mol. The van der Waals surface area contributed by atoms with Crippen LogP contribution in [-0.2, 0) is 16.1 Å². The Morgan fingerprint density at radius 1 is 0.610 bits per heavy atom. The first-order valence-electron chi connectivity index (χ1n) is 15.8. The molecular weight excluding hydrogens is 508 g/mol. The van der Waals surface area contributed by atoms with Gasteiger partial charge in [0.2, 0.25) is 0 Å². The number of carbonyl (C=O) groups excluding carboxylic acids is 1. The summed E-state index contributed by atoms with van der Waals surface area (Å²) in [6.45, 7) is 7.67. The maximum absolute atomic E-state index is 12.2. The first kappa shape index (κ1) is 32.2. The van der Waals surface area contributed by atoms with Gasteiger partial charge in [0.15, 0.2) is 0 Å². The summed E-state index contributed by atoms with van der Waals surface area (Å²) in [5.74, 6) is 1.65. The zero-order valence-corrected chi connectivity index (χ0v) is 25.5. The smallest absolute Gasteiger partial charge is 0.306 e.